The Balaban J connectivity index is 1.86. The van der Waals surface area contributed by atoms with Gasteiger partial charge in [0, 0.05) is 11.6 Å². The van der Waals surface area contributed by atoms with Crippen molar-refractivity contribution in [2.45, 2.75) is 25.4 Å². The third-order valence-corrected chi connectivity index (χ3v) is 3.24. The molecule has 1 aliphatic carbocycles. The third kappa shape index (κ3) is 3.20. The Hall–Kier alpha value is -1.62. The van der Waals surface area contributed by atoms with Gasteiger partial charge in [0.1, 0.15) is 11.9 Å². The SMILES string of the molecule is NCC1CCCC1OC(=O)Nc1ccc(F)cc1. The zero-order chi connectivity index (χ0) is 13.0. The Labute approximate surface area is 105 Å². The van der Waals surface area contributed by atoms with E-state index >= 15 is 0 Å². The van der Waals surface area contributed by atoms with Crippen molar-refractivity contribution in [3.8, 4) is 0 Å². The van der Waals surface area contributed by atoms with E-state index < -0.39 is 6.09 Å². The number of nitrogens with two attached hydrogens (primary N) is 1. The van der Waals surface area contributed by atoms with Crippen LogP contribution in [0.4, 0.5) is 14.9 Å². The Morgan fingerprint density at radius 2 is 2.11 bits per heavy atom. The van der Waals surface area contributed by atoms with Crippen LogP contribution in [-0.2, 0) is 4.74 Å². The molecule has 1 aromatic carbocycles. The van der Waals surface area contributed by atoms with Crippen molar-refractivity contribution in [2.75, 3.05) is 11.9 Å². The second-order valence-electron chi connectivity index (χ2n) is 4.50. The zero-order valence-electron chi connectivity index (χ0n) is 10.1. The van der Waals surface area contributed by atoms with E-state index in [1.807, 2.05) is 0 Å². The van der Waals surface area contributed by atoms with Crippen LogP contribution in [0.15, 0.2) is 24.3 Å². The molecule has 0 bridgehead atoms. The summed E-state index contributed by atoms with van der Waals surface area (Å²) in [4.78, 5) is 11.6. The van der Waals surface area contributed by atoms with E-state index in [-0.39, 0.29) is 17.8 Å². The van der Waals surface area contributed by atoms with Crippen molar-refractivity contribution in [3.05, 3.63) is 30.1 Å². The lowest BCUT2D eigenvalue weighted by atomic mass is 10.1. The maximum Gasteiger partial charge on any atom is 0.411 e. The molecule has 2 unspecified atom stereocenters. The van der Waals surface area contributed by atoms with Crippen LogP contribution in [0.1, 0.15) is 19.3 Å². The van der Waals surface area contributed by atoms with Crippen molar-refractivity contribution in [3.63, 3.8) is 0 Å². The average molecular weight is 252 g/mol. The average Bonchev–Trinajstić information content (AvgIpc) is 2.79. The zero-order valence-corrected chi connectivity index (χ0v) is 10.1. The number of benzene rings is 1. The summed E-state index contributed by atoms with van der Waals surface area (Å²) in [5.74, 6) is -0.0862. The van der Waals surface area contributed by atoms with Crippen molar-refractivity contribution >= 4 is 11.8 Å². The Morgan fingerprint density at radius 1 is 1.39 bits per heavy atom. The molecule has 5 heteroatoms. The summed E-state index contributed by atoms with van der Waals surface area (Å²) >= 11 is 0. The largest absolute Gasteiger partial charge is 0.446 e. The first kappa shape index (κ1) is 12.8. The van der Waals surface area contributed by atoms with E-state index in [0.29, 0.717) is 12.2 Å². The quantitative estimate of drug-likeness (QED) is 0.868. The van der Waals surface area contributed by atoms with Gasteiger partial charge in [-0.25, -0.2) is 9.18 Å². The van der Waals surface area contributed by atoms with Crippen LogP contribution in [0, 0.1) is 11.7 Å². The van der Waals surface area contributed by atoms with E-state index in [0.717, 1.165) is 19.3 Å². The molecule has 0 aromatic heterocycles. The van der Waals surface area contributed by atoms with Crippen molar-refractivity contribution < 1.29 is 13.9 Å². The molecule has 1 amide bonds. The van der Waals surface area contributed by atoms with Crippen molar-refractivity contribution in [1.29, 1.82) is 0 Å². The molecule has 1 saturated carbocycles. The van der Waals surface area contributed by atoms with Gasteiger partial charge in [-0.2, -0.15) is 0 Å². The van der Waals surface area contributed by atoms with Crippen LogP contribution in [0.3, 0.4) is 0 Å². The molecule has 4 nitrogen and oxygen atoms in total. The highest BCUT2D eigenvalue weighted by atomic mass is 19.1. The molecule has 2 atom stereocenters. The molecule has 0 aliphatic heterocycles. The summed E-state index contributed by atoms with van der Waals surface area (Å²) in [7, 11) is 0. The minimum absolute atomic E-state index is 0.101. The minimum atomic E-state index is -0.507. The molecule has 0 heterocycles. The molecule has 0 radical (unpaired) electrons. The number of halogens is 1. The Kier molecular flexibility index (Phi) is 4.15. The molecule has 2 rings (SSSR count). The number of nitrogens with one attached hydrogen (secondary N) is 1. The van der Waals surface area contributed by atoms with Gasteiger partial charge in [-0.3, -0.25) is 5.32 Å². The predicted octanol–water partition coefficient (Wildman–Crippen LogP) is 2.50. The first-order valence-corrected chi connectivity index (χ1v) is 6.12. The van der Waals surface area contributed by atoms with E-state index in [9.17, 15) is 9.18 Å². The lowest BCUT2D eigenvalue weighted by molar-refractivity contribution is 0.0893. The number of carbonyl (C=O) groups excluding carboxylic acids is 1. The van der Waals surface area contributed by atoms with Crippen LogP contribution in [0.5, 0.6) is 0 Å². The lowest BCUT2D eigenvalue weighted by Gasteiger charge is -2.18. The van der Waals surface area contributed by atoms with E-state index in [1.54, 1.807) is 0 Å². The number of anilines is 1. The number of ether oxygens (including phenoxy) is 1. The molecule has 0 spiro atoms. The summed E-state index contributed by atoms with van der Waals surface area (Å²) in [5, 5.41) is 2.57. The predicted molar refractivity (Wildman–Crippen MR) is 66.7 cm³/mol. The second kappa shape index (κ2) is 5.82. The standard InChI is InChI=1S/C13H17FN2O2/c14-10-4-6-11(7-5-10)16-13(17)18-12-3-1-2-9(12)8-15/h4-7,9,12H,1-3,8,15H2,(H,16,17). The van der Waals surface area contributed by atoms with Gasteiger partial charge < -0.3 is 10.5 Å². The van der Waals surface area contributed by atoms with E-state index in [1.165, 1.54) is 24.3 Å². The summed E-state index contributed by atoms with van der Waals surface area (Å²) in [6.45, 7) is 0.536. The third-order valence-electron chi connectivity index (χ3n) is 3.24. The molecule has 0 saturated heterocycles. The molecular formula is C13H17FN2O2. The molecular weight excluding hydrogens is 235 g/mol. The van der Waals surface area contributed by atoms with Crippen LogP contribution >= 0.6 is 0 Å². The highest BCUT2D eigenvalue weighted by Crippen LogP contribution is 2.27. The highest BCUT2D eigenvalue weighted by molar-refractivity contribution is 5.84. The summed E-state index contributed by atoms with van der Waals surface area (Å²) in [5.41, 5.74) is 6.13. The first-order chi connectivity index (χ1) is 8.69. The van der Waals surface area contributed by atoms with Crippen molar-refractivity contribution in [2.24, 2.45) is 11.7 Å². The van der Waals surface area contributed by atoms with Crippen LogP contribution < -0.4 is 11.1 Å². The lowest BCUT2D eigenvalue weighted by Crippen LogP contribution is -2.29. The number of rotatable bonds is 3. The smallest absolute Gasteiger partial charge is 0.411 e. The van der Waals surface area contributed by atoms with Gasteiger partial charge in [0.2, 0.25) is 0 Å². The number of hydrogen-bond donors (Lipinski definition) is 2. The van der Waals surface area contributed by atoms with Gasteiger partial charge in [0.05, 0.1) is 0 Å². The maximum atomic E-state index is 12.7. The fraction of sp³-hybridized carbons (Fsp3) is 0.462. The van der Waals surface area contributed by atoms with E-state index in [4.69, 9.17) is 10.5 Å². The minimum Gasteiger partial charge on any atom is -0.446 e. The highest BCUT2D eigenvalue weighted by Gasteiger charge is 2.29. The van der Waals surface area contributed by atoms with Crippen LogP contribution in [0.2, 0.25) is 0 Å². The van der Waals surface area contributed by atoms with Gasteiger partial charge in [-0.15, -0.1) is 0 Å². The van der Waals surface area contributed by atoms with Gasteiger partial charge in [-0.1, -0.05) is 0 Å². The monoisotopic (exact) mass is 252 g/mol. The van der Waals surface area contributed by atoms with Crippen LogP contribution in [-0.4, -0.2) is 18.7 Å². The molecule has 1 aliphatic rings. The van der Waals surface area contributed by atoms with Gasteiger partial charge in [0.15, 0.2) is 0 Å². The summed E-state index contributed by atoms with van der Waals surface area (Å²) in [6.07, 6.45) is 2.29. The Bertz CT molecular complexity index is 408. The normalized spacial score (nSPS) is 22.8. The van der Waals surface area contributed by atoms with Gasteiger partial charge in [-0.05, 0) is 50.1 Å². The topological polar surface area (TPSA) is 64.3 Å². The van der Waals surface area contributed by atoms with Crippen LogP contribution in [0.25, 0.3) is 0 Å². The summed E-state index contributed by atoms with van der Waals surface area (Å²) in [6, 6.07) is 5.55. The first-order valence-electron chi connectivity index (χ1n) is 6.12. The fourth-order valence-corrected chi connectivity index (χ4v) is 2.25. The molecule has 18 heavy (non-hydrogen) atoms. The van der Waals surface area contributed by atoms with Gasteiger partial charge in [0.25, 0.3) is 0 Å². The molecule has 98 valence electrons. The number of carbonyl (C=O) groups is 1. The number of amides is 1. The molecule has 1 fully saturated rings. The van der Waals surface area contributed by atoms with Gasteiger partial charge >= 0.3 is 6.09 Å². The molecule has 3 N–H and O–H groups in total. The molecule has 1 aromatic rings. The fourth-order valence-electron chi connectivity index (χ4n) is 2.25. The Morgan fingerprint density at radius 3 is 2.78 bits per heavy atom. The van der Waals surface area contributed by atoms with Crippen molar-refractivity contribution in [1.82, 2.24) is 0 Å². The second-order valence-corrected chi connectivity index (χ2v) is 4.50. The number of hydrogen-bond acceptors (Lipinski definition) is 3. The van der Waals surface area contributed by atoms with E-state index in [2.05, 4.69) is 5.32 Å². The summed E-state index contributed by atoms with van der Waals surface area (Å²) < 4.78 is 18.0. The maximum absolute atomic E-state index is 12.7.